The van der Waals surface area contributed by atoms with Gasteiger partial charge in [0.15, 0.2) is 0 Å². The second-order valence-corrected chi connectivity index (χ2v) is 6.59. The minimum Gasteiger partial charge on any atom is -0.496 e. The van der Waals surface area contributed by atoms with E-state index in [9.17, 15) is 14.7 Å². The number of methoxy groups -OCH3 is 1. The molecule has 1 heterocycles. The number of nitrogens with one attached hydrogen (secondary N) is 2. The summed E-state index contributed by atoms with van der Waals surface area (Å²) in [5, 5.41) is 18.5. The van der Waals surface area contributed by atoms with Crippen molar-refractivity contribution in [3.05, 3.63) is 52.2 Å². The highest BCUT2D eigenvalue weighted by Crippen LogP contribution is 2.24. The first kappa shape index (κ1) is 19.9. The number of thiophene rings is 1. The van der Waals surface area contributed by atoms with Gasteiger partial charge in [-0.2, -0.15) is 11.3 Å². The van der Waals surface area contributed by atoms with Crippen molar-refractivity contribution >= 4 is 23.2 Å². The van der Waals surface area contributed by atoms with Crippen LogP contribution in [0.4, 0.5) is 0 Å². The Kier molecular flexibility index (Phi) is 8.11. The van der Waals surface area contributed by atoms with Crippen LogP contribution in [0, 0.1) is 0 Å². The summed E-state index contributed by atoms with van der Waals surface area (Å²) in [7, 11) is 1.56. The lowest BCUT2D eigenvalue weighted by atomic mass is 9.95. The largest absolute Gasteiger partial charge is 0.496 e. The van der Waals surface area contributed by atoms with Gasteiger partial charge in [-0.1, -0.05) is 18.2 Å². The van der Waals surface area contributed by atoms with Crippen molar-refractivity contribution in [1.82, 2.24) is 10.6 Å². The number of benzene rings is 1. The lowest BCUT2D eigenvalue weighted by Crippen LogP contribution is -2.40. The minimum absolute atomic E-state index is 0.0911. The first-order valence-electron chi connectivity index (χ1n) is 8.46. The summed E-state index contributed by atoms with van der Waals surface area (Å²) < 4.78 is 5.22. The van der Waals surface area contributed by atoms with Crippen LogP contribution in [-0.4, -0.2) is 37.2 Å². The Hall–Kier alpha value is -2.38. The summed E-state index contributed by atoms with van der Waals surface area (Å²) >= 11 is 1.60. The predicted octanol–water partition coefficient (Wildman–Crippen LogP) is 2.05. The van der Waals surface area contributed by atoms with Gasteiger partial charge in [0.05, 0.1) is 7.11 Å². The van der Waals surface area contributed by atoms with E-state index in [-0.39, 0.29) is 19.1 Å². The number of para-hydroxylation sites is 1. The van der Waals surface area contributed by atoms with E-state index >= 15 is 0 Å². The van der Waals surface area contributed by atoms with Gasteiger partial charge in [0.1, 0.15) is 5.75 Å². The fourth-order valence-electron chi connectivity index (χ4n) is 2.69. The van der Waals surface area contributed by atoms with Crippen LogP contribution in [0.1, 0.15) is 29.9 Å². The van der Waals surface area contributed by atoms with E-state index in [1.807, 2.05) is 35.0 Å². The number of carbonyl (C=O) groups excluding carboxylic acids is 2. The fourth-order valence-corrected chi connectivity index (χ4v) is 3.43. The van der Waals surface area contributed by atoms with Crippen LogP contribution in [0.15, 0.2) is 41.1 Å². The zero-order valence-electron chi connectivity index (χ0n) is 14.7. The van der Waals surface area contributed by atoms with Crippen molar-refractivity contribution in [2.45, 2.75) is 25.3 Å². The molecule has 1 unspecified atom stereocenters. The highest BCUT2D eigenvalue weighted by Gasteiger charge is 2.16. The molecule has 2 aromatic rings. The Labute approximate surface area is 157 Å². The standard InChI is InChI=1S/C19H24N2O4S/c1-25-17-5-3-2-4-15(17)12-21-19(24)18(23)20-9-6-14(7-10-22)16-8-11-26-13-16/h2-5,8,11,13-14,22H,6-7,9-10,12H2,1H3,(H,20,23)(H,21,24). The van der Waals surface area contributed by atoms with E-state index in [0.717, 1.165) is 11.1 Å². The second kappa shape index (κ2) is 10.6. The Morgan fingerprint density at radius 1 is 1.15 bits per heavy atom. The van der Waals surface area contributed by atoms with Crippen LogP contribution in [-0.2, 0) is 16.1 Å². The molecule has 1 aromatic carbocycles. The number of hydrogen-bond donors (Lipinski definition) is 3. The van der Waals surface area contributed by atoms with Crippen LogP contribution in [0.3, 0.4) is 0 Å². The number of rotatable bonds is 9. The topological polar surface area (TPSA) is 87.7 Å². The number of aliphatic hydroxyl groups excluding tert-OH is 1. The summed E-state index contributed by atoms with van der Waals surface area (Å²) in [5.41, 5.74) is 1.95. The summed E-state index contributed by atoms with van der Waals surface area (Å²) in [6, 6.07) is 9.33. The average molecular weight is 376 g/mol. The van der Waals surface area contributed by atoms with E-state index in [1.165, 1.54) is 0 Å². The van der Waals surface area contributed by atoms with Gasteiger partial charge in [0.25, 0.3) is 0 Å². The summed E-state index contributed by atoms with van der Waals surface area (Å²) in [6.07, 6.45) is 1.30. The molecule has 7 heteroatoms. The van der Waals surface area contributed by atoms with Crippen LogP contribution >= 0.6 is 11.3 Å². The molecule has 0 radical (unpaired) electrons. The molecule has 1 aromatic heterocycles. The molecular formula is C19H24N2O4S. The van der Waals surface area contributed by atoms with Crippen molar-refractivity contribution in [2.75, 3.05) is 20.3 Å². The molecule has 1 atom stereocenters. The molecule has 0 bridgehead atoms. The van der Waals surface area contributed by atoms with Gasteiger partial charge in [-0.15, -0.1) is 0 Å². The van der Waals surface area contributed by atoms with Gasteiger partial charge in [0, 0.05) is 25.3 Å². The van der Waals surface area contributed by atoms with E-state index in [2.05, 4.69) is 10.6 Å². The van der Waals surface area contributed by atoms with Crippen LogP contribution in [0.2, 0.25) is 0 Å². The third-order valence-electron chi connectivity index (χ3n) is 4.11. The fraction of sp³-hybridized carbons (Fsp3) is 0.368. The summed E-state index contributed by atoms with van der Waals surface area (Å²) in [6.45, 7) is 0.688. The van der Waals surface area contributed by atoms with Gasteiger partial charge in [-0.3, -0.25) is 9.59 Å². The van der Waals surface area contributed by atoms with Gasteiger partial charge in [0.2, 0.25) is 0 Å². The number of carbonyl (C=O) groups is 2. The lowest BCUT2D eigenvalue weighted by Gasteiger charge is -2.15. The van der Waals surface area contributed by atoms with Gasteiger partial charge in [-0.05, 0) is 47.2 Å². The SMILES string of the molecule is COc1ccccc1CNC(=O)C(=O)NCCC(CCO)c1ccsc1. The smallest absolute Gasteiger partial charge is 0.309 e. The third kappa shape index (κ3) is 5.86. The zero-order chi connectivity index (χ0) is 18.8. The highest BCUT2D eigenvalue weighted by atomic mass is 32.1. The lowest BCUT2D eigenvalue weighted by molar-refractivity contribution is -0.139. The Bertz CT molecular complexity index is 703. The highest BCUT2D eigenvalue weighted by molar-refractivity contribution is 7.07. The Balaban J connectivity index is 1.77. The molecule has 2 amide bonds. The molecule has 0 saturated heterocycles. The molecule has 0 spiro atoms. The quantitative estimate of drug-likeness (QED) is 0.585. The molecule has 0 aliphatic rings. The Morgan fingerprint density at radius 2 is 1.92 bits per heavy atom. The molecule has 2 rings (SSSR count). The number of hydrogen-bond acceptors (Lipinski definition) is 5. The summed E-state index contributed by atoms with van der Waals surface area (Å²) in [5.74, 6) is -0.503. The molecule has 26 heavy (non-hydrogen) atoms. The van der Waals surface area contributed by atoms with Crippen LogP contribution < -0.4 is 15.4 Å². The molecule has 6 nitrogen and oxygen atoms in total. The second-order valence-electron chi connectivity index (χ2n) is 5.80. The van der Waals surface area contributed by atoms with Crippen molar-refractivity contribution in [3.63, 3.8) is 0 Å². The first-order valence-corrected chi connectivity index (χ1v) is 9.40. The van der Waals surface area contributed by atoms with Crippen molar-refractivity contribution in [3.8, 4) is 5.75 Å². The molecule has 0 aliphatic heterocycles. The molecule has 140 valence electrons. The van der Waals surface area contributed by atoms with Crippen LogP contribution in [0.5, 0.6) is 5.75 Å². The van der Waals surface area contributed by atoms with E-state index in [0.29, 0.717) is 25.1 Å². The van der Waals surface area contributed by atoms with Crippen molar-refractivity contribution in [2.24, 2.45) is 0 Å². The maximum absolute atomic E-state index is 11.9. The summed E-state index contributed by atoms with van der Waals surface area (Å²) in [4.78, 5) is 23.9. The number of amides is 2. The molecule has 0 saturated carbocycles. The molecular weight excluding hydrogens is 352 g/mol. The monoisotopic (exact) mass is 376 g/mol. The van der Waals surface area contributed by atoms with Gasteiger partial charge >= 0.3 is 11.8 Å². The minimum atomic E-state index is -0.676. The van der Waals surface area contributed by atoms with Gasteiger partial charge in [-0.25, -0.2) is 0 Å². The normalized spacial score (nSPS) is 11.6. The van der Waals surface area contributed by atoms with Crippen LogP contribution in [0.25, 0.3) is 0 Å². The zero-order valence-corrected chi connectivity index (χ0v) is 15.6. The Morgan fingerprint density at radius 3 is 2.62 bits per heavy atom. The average Bonchev–Trinajstić information content (AvgIpc) is 3.20. The number of ether oxygens (including phenoxy) is 1. The van der Waals surface area contributed by atoms with E-state index in [1.54, 1.807) is 24.5 Å². The van der Waals surface area contributed by atoms with Crippen molar-refractivity contribution in [1.29, 1.82) is 0 Å². The third-order valence-corrected chi connectivity index (χ3v) is 4.81. The maximum Gasteiger partial charge on any atom is 0.309 e. The predicted molar refractivity (Wildman–Crippen MR) is 101 cm³/mol. The first-order chi connectivity index (χ1) is 12.7. The number of aliphatic hydroxyl groups is 1. The van der Waals surface area contributed by atoms with E-state index < -0.39 is 11.8 Å². The van der Waals surface area contributed by atoms with Crippen molar-refractivity contribution < 1.29 is 19.4 Å². The molecule has 0 fully saturated rings. The molecule has 0 aliphatic carbocycles. The molecule has 3 N–H and O–H groups in total. The maximum atomic E-state index is 11.9. The van der Waals surface area contributed by atoms with Gasteiger partial charge < -0.3 is 20.5 Å². The van der Waals surface area contributed by atoms with E-state index in [4.69, 9.17) is 4.74 Å².